The third-order valence-electron chi connectivity index (χ3n) is 6.86. The van der Waals surface area contributed by atoms with E-state index in [-0.39, 0.29) is 29.5 Å². The van der Waals surface area contributed by atoms with Gasteiger partial charge < -0.3 is 15.0 Å². The molecule has 0 unspecified atom stereocenters. The highest BCUT2D eigenvalue weighted by Crippen LogP contribution is 2.27. The van der Waals surface area contributed by atoms with Crippen molar-refractivity contribution in [3.63, 3.8) is 0 Å². The van der Waals surface area contributed by atoms with Crippen LogP contribution in [-0.2, 0) is 32.6 Å². The molecule has 0 fully saturated rings. The number of carbonyl (C=O) groups is 2. The lowest BCUT2D eigenvalue weighted by molar-refractivity contribution is -0.140. The van der Waals surface area contributed by atoms with Gasteiger partial charge in [-0.3, -0.25) is 13.9 Å². The van der Waals surface area contributed by atoms with Crippen molar-refractivity contribution in [3.05, 3.63) is 125 Å². The molecule has 1 atom stereocenters. The smallest absolute Gasteiger partial charge is 0.264 e. The van der Waals surface area contributed by atoms with Crippen LogP contribution in [0.15, 0.2) is 114 Å². The lowest BCUT2D eigenvalue weighted by Crippen LogP contribution is -2.53. The zero-order valence-corrected chi connectivity index (χ0v) is 25.6. The molecule has 0 aliphatic heterocycles. The molecule has 0 aliphatic carbocycles. The number of anilines is 1. The number of rotatable bonds is 13. The average Bonchev–Trinajstić information content (AvgIpc) is 3.03. The Balaban J connectivity index is 1.78. The molecule has 0 saturated carbocycles. The zero-order chi connectivity index (χ0) is 30.8. The normalized spacial score (nSPS) is 11.8. The molecule has 0 saturated heterocycles. The second-order valence-corrected chi connectivity index (χ2v) is 12.1. The van der Waals surface area contributed by atoms with Crippen LogP contribution in [0.1, 0.15) is 18.1 Å². The van der Waals surface area contributed by atoms with Gasteiger partial charge in [-0.2, -0.15) is 0 Å². The SMILES string of the molecule is CCNC(=O)[C@@H](Cc1ccccc1)N(Cc1ccc(Cl)cc1)C(=O)CN(c1ccc(OC)cc1)S(=O)(=O)c1ccccc1. The Morgan fingerprint density at radius 3 is 2.02 bits per heavy atom. The molecular weight excluding hydrogens is 586 g/mol. The second kappa shape index (κ2) is 14.7. The lowest BCUT2D eigenvalue weighted by Gasteiger charge is -2.33. The number of sulfonamides is 1. The third kappa shape index (κ3) is 8.15. The van der Waals surface area contributed by atoms with Gasteiger partial charge in [0.25, 0.3) is 10.0 Å². The molecule has 8 nitrogen and oxygen atoms in total. The molecule has 0 radical (unpaired) electrons. The molecule has 4 aromatic rings. The summed E-state index contributed by atoms with van der Waals surface area (Å²) >= 11 is 6.11. The minimum atomic E-state index is -4.17. The highest BCUT2D eigenvalue weighted by atomic mass is 35.5. The predicted octanol–water partition coefficient (Wildman–Crippen LogP) is 5.32. The maximum Gasteiger partial charge on any atom is 0.264 e. The summed E-state index contributed by atoms with van der Waals surface area (Å²) < 4.78 is 34.3. The molecule has 0 heterocycles. The van der Waals surface area contributed by atoms with Gasteiger partial charge in [0, 0.05) is 24.5 Å². The summed E-state index contributed by atoms with van der Waals surface area (Å²) in [5.41, 5.74) is 1.88. The summed E-state index contributed by atoms with van der Waals surface area (Å²) in [6.07, 6.45) is 0.236. The Morgan fingerprint density at radius 1 is 0.837 bits per heavy atom. The van der Waals surface area contributed by atoms with Crippen LogP contribution >= 0.6 is 11.6 Å². The van der Waals surface area contributed by atoms with E-state index in [1.54, 1.807) is 73.7 Å². The molecule has 1 N–H and O–H groups in total. The number of amides is 2. The van der Waals surface area contributed by atoms with Gasteiger partial charge in [0.1, 0.15) is 18.3 Å². The Morgan fingerprint density at radius 2 is 1.44 bits per heavy atom. The van der Waals surface area contributed by atoms with E-state index in [0.717, 1.165) is 15.4 Å². The van der Waals surface area contributed by atoms with Crippen LogP contribution in [0.4, 0.5) is 5.69 Å². The standard InChI is InChI=1S/C33H34ClN3O5S/c1-3-35-33(39)31(22-25-10-6-4-7-11-25)36(23-26-14-16-27(34)17-15-26)32(38)24-37(28-18-20-29(42-2)21-19-28)43(40,41)30-12-8-5-9-13-30/h4-21,31H,3,22-24H2,1-2H3,(H,35,39)/t31-/m1/s1. The summed E-state index contributed by atoms with van der Waals surface area (Å²) in [6.45, 7) is 1.70. The first-order valence-corrected chi connectivity index (χ1v) is 15.6. The molecule has 224 valence electrons. The first kappa shape index (κ1) is 31.6. The van der Waals surface area contributed by atoms with E-state index < -0.39 is 28.5 Å². The molecule has 0 bridgehead atoms. The van der Waals surface area contributed by atoms with Crippen LogP contribution in [0, 0.1) is 0 Å². The molecule has 10 heteroatoms. The number of likely N-dealkylation sites (N-methyl/N-ethyl adjacent to an activating group) is 1. The number of hydrogen-bond donors (Lipinski definition) is 1. The van der Waals surface area contributed by atoms with E-state index in [1.165, 1.54) is 24.1 Å². The number of hydrogen-bond acceptors (Lipinski definition) is 5. The molecular formula is C33H34ClN3O5S. The van der Waals surface area contributed by atoms with Crippen molar-refractivity contribution in [1.29, 1.82) is 0 Å². The number of carbonyl (C=O) groups excluding carboxylic acids is 2. The van der Waals surface area contributed by atoms with Crippen LogP contribution in [-0.4, -0.2) is 51.4 Å². The van der Waals surface area contributed by atoms with E-state index >= 15 is 0 Å². The van der Waals surface area contributed by atoms with E-state index in [2.05, 4.69) is 5.32 Å². The minimum Gasteiger partial charge on any atom is -0.497 e. The minimum absolute atomic E-state index is 0.0347. The molecule has 4 rings (SSSR count). The first-order valence-electron chi connectivity index (χ1n) is 13.8. The quantitative estimate of drug-likeness (QED) is 0.219. The van der Waals surface area contributed by atoms with Crippen LogP contribution in [0.5, 0.6) is 5.75 Å². The van der Waals surface area contributed by atoms with E-state index in [9.17, 15) is 18.0 Å². The van der Waals surface area contributed by atoms with Gasteiger partial charge in [-0.25, -0.2) is 8.42 Å². The van der Waals surface area contributed by atoms with E-state index in [1.807, 2.05) is 30.3 Å². The van der Waals surface area contributed by atoms with Gasteiger partial charge in [0.2, 0.25) is 11.8 Å². The van der Waals surface area contributed by atoms with Crippen molar-refractivity contribution >= 4 is 39.1 Å². The van der Waals surface area contributed by atoms with Gasteiger partial charge in [-0.1, -0.05) is 72.3 Å². The fraction of sp³-hybridized carbons (Fsp3) is 0.212. The van der Waals surface area contributed by atoms with Crippen LogP contribution in [0.25, 0.3) is 0 Å². The van der Waals surface area contributed by atoms with Crippen LogP contribution in [0.2, 0.25) is 5.02 Å². The Kier molecular flexibility index (Phi) is 10.8. The summed E-state index contributed by atoms with van der Waals surface area (Å²) in [5.74, 6) is -0.344. The maximum absolute atomic E-state index is 14.3. The summed E-state index contributed by atoms with van der Waals surface area (Å²) in [7, 11) is -2.66. The molecule has 0 spiro atoms. The van der Waals surface area contributed by atoms with Gasteiger partial charge in [-0.05, 0) is 66.6 Å². The van der Waals surface area contributed by atoms with Crippen molar-refractivity contribution in [2.75, 3.05) is 24.5 Å². The van der Waals surface area contributed by atoms with Gasteiger partial charge in [0.05, 0.1) is 17.7 Å². The molecule has 0 aromatic heterocycles. The molecule has 2 amide bonds. The zero-order valence-electron chi connectivity index (χ0n) is 24.0. The molecule has 4 aromatic carbocycles. The maximum atomic E-state index is 14.3. The number of benzene rings is 4. The van der Waals surface area contributed by atoms with Crippen molar-refractivity contribution in [2.24, 2.45) is 0 Å². The van der Waals surface area contributed by atoms with Crippen molar-refractivity contribution < 1.29 is 22.7 Å². The fourth-order valence-corrected chi connectivity index (χ4v) is 6.19. The topological polar surface area (TPSA) is 96.0 Å². The monoisotopic (exact) mass is 619 g/mol. The number of nitrogens with zero attached hydrogens (tertiary/aromatic N) is 2. The lowest BCUT2D eigenvalue weighted by atomic mass is 10.0. The molecule has 43 heavy (non-hydrogen) atoms. The van der Waals surface area contributed by atoms with E-state index in [4.69, 9.17) is 16.3 Å². The Labute approximate surface area is 257 Å². The van der Waals surface area contributed by atoms with Crippen molar-refractivity contribution in [1.82, 2.24) is 10.2 Å². The average molecular weight is 620 g/mol. The Hall–Kier alpha value is -4.34. The number of methoxy groups -OCH3 is 1. The van der Waals surface area contributed by atoms with Gasteiger partial charge in [0.15, 0.2) is 0 Å². The number of ether oxygens (including phenoxy) is 1. The summed E-state index contributed by atoms with van der Waals surface area (Å²) in [4.78, 5) is 29.3. The van der Waals surface area contributed by atoms with Gasteiger partial charge in [-0.15, -0.1) is 0 Å². The highest BCUT2D eigenvalue weighted by molar-refractivity contribution is 7.92. The highest BCUT2D eigenvalue weighted by Gasteiger charge is 2.34. The molecule has 0 aliphatic rings. The van der Waals surface area contributed by atoms with Crippen molar-refractivity contribution in [3.8, 4) is 5.75 Å². The summed E-state index contributed by atoms with van der Waals surface area (Å²) in [6, 6.07) is 29.8. The largest absolute Gasteiger partial charge is 0.497 e. The number of nitrogens with one attached hydrogen (secondary N) is 1. The van der Waals surface area contributed by atoms with Crippen LogP contribution < -0.4 is 14.4 Å². The van der Waals surface area contributed by atoms with Gasteiger partial charge >= 0.3 is 0 Å². The van der Waals surface area contributed by atoms with E-state index in [0.29, 0.717) is 17.3 Å². The third-order valence-corrected chi connectivity index (χ3v) is 8.90. The predicted molar refractivity (Wildman–Crippen MR) is 169 cm³/mol. The fourth-order valence-electron chi connectivity index (χ4n) is 4.63. The van der Waals surface area contributed by atoms with Crippen molar-refractivity contribution in [2.45, 2.75) is 30.8 Å². The first-order chi connectivity index (χ1) is 20.7. The van der Waals surface area contributed by atoms with Crippen LogP contribution in [0.3, 0.4) is 0 Å². The Bertz CT molecular complexity index is 1600. The second-order valence-electron chi connectivity index (χ2n) is 9.77. The summed E-state index contributed by atoms with van der Waals surface area (Å²) in [5, 5.41) is 3.38. The number of halogens is 1.